The quantitative estimate of drug-likeness (QED) is 0.207. The average molecular weight is 358 g/mol. The molecule has 4 amide bonds. The fraction of sp³-hybridized carbons (Fsp3) is 0.733. The summed E-state index contributed by atoms with van der Waals surface area (Å²) in [6.45, 7) is 4.01. The molecule has 0 fully saturated rings. The third kappa shape index (κ3) is 9.01. The summed E-state index contributed by atoms with van der Waals surface area (Å²) >= 11 is 0. The number of nitrogens with two attached hydrogens (primary N) is 4. The van der Waals surface area contributed by atoms with Crippen molar-refractivity contribution >= 4 is 23.6 Å². The van der Waals surface area contributed by atoms with Gasteiger partial charge in [-0.2, -0.15) is 0 Å². The molecule has 0 aliphatic carbocycles. The van der Waals surface area contributed by atoms with Crippen LogP contribution in [0.1, 0.15) is 39.5 Å². The van der Waals surface area contributed by atoms with E-state index < -0.39 is 48.2 Å². The van der Waals surface area contributed by atoms with Crippen molar-refractivity contribution in [2.24, 2.45) is 28.9 Å². The van der Waals surface area contributed by atoms with E-state index in [1.807, 2.05) is 0 Å². The second-order valence-corrected chi connectivity index (χ2v) is 6.25. The van der Waals surface area contributed by atoms with Crippen LogP contribution in [0.4, 0.5) is 0 Å². The van der Waals surface area contributed by atoms with Crippen LogP contribution in [0, 0.1) is 5.92 Å². The summed E-state index contributed by atoms with van der Waals surface area (Å²) < 4.78 is 0. The fourth-order valence-corrected chi connectivity index (χ4v) is 2.03. The second-order valence-electron chi connectivity index (χ2n) is 6.25. The zero-order chi connectivity index (χ0) is 19.6. The Morgan fingerprint density at radius 3 is 1.92 bits per heavy atom. The van der Waals surface area contributed by atoms with Gasteiger partial charge in [0.05, 0.1) is 12.5 Å². The van der Waals surface area contributed by atoms with Gasteiger partial charge >= 0.3 is 0 Å². The maximum absolute atomic E-state index is 12.4. The first kappa shape index (κ1) is 22.8. The van der Waals surface area contributed by atoms with Crippen molar-refractivity contribution in [2.75, 3.05) is 6.54 Å². The molecule has 10 heteroatoms. The number of nitrogens with one attached hydrogen (secondary N) is 2. The molecule has 0 saturated carbocycles. The van der Waals surface area contributed by atoms with E-state index in [0.29, 0.717) is 25.8 Å². The highest BCUT2D eigenvalue weighted by atomic mass is 16.2. The van der Waals surface area contributed by atoms with E-state index in [-0.39, 0.29) is 5.92 Å². The SMILES string of the molecule is CC(C)[C@H](N)C(=O)N[C@@H](CCCCN)C(=O)N[C@@H](CC(N)=O)C(N)=O. The van der Waals surface area contributed by atoms with E-state index in [2.05, 4.69) is 10.6 Å². The Bertz CT molecular complexity index is 483. The highest BCUT2D eigenvalue weighted by molar-refractivity contribution is 5.94. The lowest BCUT2D eigenvalue weighted by Crippen LogP contribution is -2.56. The molecule has 10 nitrogen and oxygen atoms in total. The first-order valence-electron chi connectivity index (χ1n) is 8.24. The molecular formula is C15H30N6O4. The minimum atomic E-state index is -1.24. The van der Waals surface area contributed by atoms with Crippen LogP contribution in [-0.2, 0) is 19.2 Å². The average Bonchev–Trinajstić information content (AvgIpc) is 2.51. The zero-order valence-corrected chi connectivity index (χ0v) is 14.8. The van der Waals surface area contributed by atoms with Crippen LogP contribution >= 0.6 is 0 Å². The summed E-state index contributed by atoms with van der Waals surface area (Å²) in [5.41, 5.74) is 21.4. The third-order valence-corrected chi connectivity index (χ3v) is 3.67. The molecule has 0 aromatic carbocycles. The molecule has 0 aromatic heterocycles. The van der Waals surface area contributed by atoms with Crippen LogP contribution in [0.5, 0.6) is 0 Å². The molecule has 0 heterocycles. The van der Waals surface area contributed by atoms with E-state index in [1.165, 1.54) is 0 Å². The molecule has 0 bridgehead atoms. The molecule has 25 heavy (non-hydrogen) atoms. The van der Waals surface area contributed by atoms with Gasteiger partial charge in [-0.25, -0.2) is 0 Å². The minimum Gasteiger partial charge on any atom is -0.370 e. The van der Waals surface area contributed by atoms with Gasteiger partial charge in [0.2, 0.25) is 23.6 Å². The predicted molar refractivity (Wildman–Crippen MR) is 92.6 cm³/mol. The highest BCUT2D eigenvalue weighted by Crippen LogP contribution is 2.05. The molecule has 0 spiro atoms. The molecular weight excluding hydrogens is 328 g/mol. The van der Waals surface area contributed by atoms with Crippen molar-refractivity contribution in [2.45, 2.75) is 57.7 Å². The number of unbranched alkanes of at least 4 members (excludes halogenated alkanes) is 1. The Morgan fingerprint density at radius 1 is 0.920 bits per heavy atom. The van der Waals surface area contributed by atoms with Crippen LogP contribution in [0.25, 0.3) is 0 Å². The molecule has 0 saturated heterocycles. The van der Waals surface area contributed by atoms with E-state index in [4.69, 9.17) is 22.9 Å². The van der Waals surface area contributed by atoms with E-state index in [0.717, 1.165) is 0 Å². The van der Waals surface area contributed by atoms with Crippen LogP contribution in [0.2, 0.25) is 0 Å². The molecule has 0 rings (SSSR count). The Balaban J connectivity index is 5.04. The van der Waals surface area contributed by atoms with E-state index in [9.17, 15) is 19.2 Å². The van der Waals surface area contributed by atoms with Gasteiger partial charge < -0.3 is 33.6 Å². The van der Waals surface area contributed by atoms with Gasteiger partial charge in [-0.1, -0.05) is 13.8 Å². The van der Waals surface area contributed by atoms with Crippen molar-refractivity contribution in [1.82, 2.24) is 10.6 Å². The number of carbonyl (C=O) groups excluding carboxylic acids is 4. The van der Waals surface area contributed by atoms with Gasteiger partial charge in [-0.15, -0.1) is 0 Å². The number of hydrogen-bond acceptors (Lipinski definition) is 6. The van der Waals surface area contributed by atoms with Crippen LogP contribution in [-0.4, -0.2) is 48.3 Å². The lowest BCUT2D eigenvalue weighted by Gasteiger charge is -2.24. The third-order valence-electron chi connectivity index (χ3n) is 3.67. The highest BCUT2D eigenvalue weighted by Gasteiger charge is 2.28. The van der Waals surface area contributed by atoms with Crippen molar-refractivity contribution in [3.8, 4) is 0 Å². The summed E-state index contributed by atoms with van der Waals surface area (Å²) in [6, 6.07) is -2.93. The number of carbonyl (C=O) groups is 4. The van der Waals surface area contributed by atoms with Gasteiger partial charge in [-0.3, -0.25) is 19.2 Å². The fourth-order valence-electron chi connectivity index (χ4n) is 2.03. The Hall–Kier alpha value is -2.20. The summed E-state index contributed by atoms with van der Waals surface area (Å²) in [4.78, 5) is 46.9. The van der Waals surface area contributed by atoms with Gasteiger partial charge in [0, 0.05) is 0 Å². The molecule has 144 valence electrons. The van der Waals surface area contributed by atoms with Crippen LogP contribution < -0.4 is 33.6 Å². The zero-order valence-electron chi connectivity index (χ0n) is 14.8. The molecule has 0 aliphatic heterocycles. The van der Waals surface area contributed by atoms with Crippen molar-refractivity contribution in [3.63, 3.8) is 0 Å². The van der Waals surface area contributed by atoms with Crippen molar-refractivity contribution in [3.05, 3.63) is 0 Å². The smallest absolute Gasteiger partial charge is 0.243 e. The maximum Gasteiger partial charge on any atom is 0.243 e. The predicted octanol–water partition coefficient (Wildman–Crippen LogP) is -2.57. The molecule has 0 unspecified atom stereocenters. The van der Waals surface area contributed by atoms with Crippen LogP contribution in [0.15, 0.2) is 0 Å². The standard InChI is InChI=1S/C15H30N6O4/c1-8(2)12(18)15(25)20-9(5-3-4-6-16)14(24)21-10(13(19)23)7-11(17)22/h8-10,12H,3-7,16,18H2,1-2H3,(H2,17,22)(H2,19,23)(H,20,25)(H,21,24)/t9-,10-,12-/m0/s1. The normalized spacial score (nSPS) is 14.4. The van der Waals surface area contributed by atoms with E-state index in [1.54, 1.807) is 13.8 Å². The Morgan fingerprint density at radius 2 is 1.48 bits per heavy atom. The lowest BCUT2D eigenvalue weighted by molar-refractivity contribution is -0.133. The molecule has 0 aromatic rings. The number of primary amides is 2. The first-order valence-corrected chi connectivity index (χ1v) is 8.24. The summed E-state index contributed by atoms with van der Waals surface area (Å²) in [5.74, 6) is -2.89. The largest absolute Gasteiger partial charge is 0.370 e. The topological polar surface area (TPSA) is 196 Å². The number of amides is 4. The van der Waals surface area contributed by atoms with Crippen molar-refractivity contribution in [1.29, 1.82) is 0 Å². The monoisotopic (exact) mass is 358 g/mol. The lowest BCUT2D eigenvalue weighted by atomic mass is 10.0. The number of hydrogen-bond donors (Lipinski definition) is 6. The molecule has 0 radical (unpaired) electrons. The van der Waals surface area contributed by atoms with Gasteiger partial charge in [0.25, 0.3) is 0 Å². The Kier molecular flexibility index (Phi) is 10.4. The van der Waals surface area contributed by atoms with Gasteiger partial charge in [0.15, 0.2) is 0 Å². The maximum atomic E-state index is 12.4. The number of rotatable bonds is 12. The van der Waals surface area contributed by atoms with Crippen molar-refractivity contribution < 1.29 is 19.2 Å². The summed E-state index contributed by atoms with van der Waals surface area (Å²) in [7, 11) is 0. The first-order chi connectivity index (χ1) is 11.6. The van der Waals surface area contributed by atoms with Gasteiger partial charge in [-0.05, 0) is 31.7 Å². The second kappa shape index (κ2) is 11.4. The molecule has 3 atom stereocenters. The summed E-state index contributed by atoms with van der Waals surface area (Å²) in [5, 5.41) is 4.92. The minimum absolute atomic E-state index is 0.110. The molecule has 10 N–H and O–H groups in total. The van der Waals surface area contributed by atoms with Crippen LogP contribution in [0.3, 0.4) is 0 Å². The summed E-state index contributed by atoms with van der Waals surface area (Å²) in [6.07, 6.45) is 1.14. The Labute approximate surface area is 147 Å². The molecule has 0 aliphatic rings. The van der Waals surface area contributed by atoms with E-state index >= 15 is 0 Å². The van der Waals surface area contributed by atoms with Gasteiger partial charge in [0.1, 0.15) is 12.1 Å².